The average molecular weight is 220 g/mol. The molecule has 0 bridgehead atoms. The third-order valence-electron chi connectivity index (χ3n) is 2.80. The van der Waals surface area contributed by atoms with Gasteiger partial charge in [-0.15, -0.1) is 0 Å². The molecule has 0 radical (unpaired) electrons. The fourth-order valence-corrected chi connectivity index (χ4v) is 1.76. The number of hydrogen-bond acceptors (Lipinski definition) is 2. The van der Waals surface area contributed by atoms with Crippen LogP contribution in [0, 0.1) is 0 Å². The van der Waals surface area contributed by atoms with Crippen LogP contribution in [0.4, 0.5) is 0 Å². The second-order valence-electron chi connectivity index (χ2n) is 4.27. The molecule has 0 unspecified atom stereocenters. The Bertz CT molecular complexity index is 246. The SMILES string of the molecule is CCCCCCCNCCc1ccncc1. The minimum absolute atomic E-state index is 1.08. The Hall–Kier alpha value is -0.890. The number of nitrogens with one attached hydrogen (secondary N) is 1. The van der Waals surface area contributed by atoms with E-state index in [-0.39, 0.29) is 0 Å². The minimum atomic E-state index is 1.08. The van der Waals surface area contributed by atoms with Gasteiger partial charge < -0.3 is 5.32 Å². The van der Waals surface area contributed by atoms with Crippen LogP contribution in [0.15, 0.2) is 24.5 Å². The van der Waals surface area contributed by atoms with E-state index >= 15 is 0 Å². The molecule has 16 heavy (non-hydrogen) atoms. The molecule has 0 atom stereocenters. The van der Waals surface area contributed by atoms with E-state index in [1.165, 1.54) is 37.7 Å². The van der Waals surface area contributed by atoms with Crippen LogP contribution in [0.25, 0.3) is 0 Å². The van der Waals surface area contributed by atoms with Crippen molar-refractivity contribution in [2.24, 2.45) is 0 Å². The molecule has 1 heterocycles. The number of hydrogen-bond donors (Lipinski definition) is 1. The van der Waals surface area contributed by atoms with Crippen molar-refractivity contribution in [2.45, 2.75) is 45.4 Å². The van der Waals surface area contributed by atoms with Gasteiger partial charge in [0.15, 0.2) is 0 Å². The summed E-state index contributed by atoms with van der Waals surface area (Å²) in [5, 5.41) is 3.49. The summed E-state index contributed by atoms with van der Waals surface area (Å²) < 4.78 is 0. The molecular weight excluding hydrogens is 196 g/mol. The first-order chi connectivity index (χ1) is 7.93. The van der Waals surface area contributed by atoms with Crippen LogP contribution >= 0.6 is 0 Å². The lowest BCUT2D eigenvalue weighted by molar-refractivity contribution is 0.584. The van der Waals surface area contributed by atoms with Crippen LogP contribution in [-0.4, -0.2) is 18.1 Å². The molecule has 0 aliphatic rings. The van der Waals surface area contributed by atoms with Crippen LogP contribution in [0.3, 0.4) is 0 Å². The maximum Gasteiger partial charge on any atom is 0.0270 e. The summed E-state index contributed by atoms with van der Waals surface area (Å²) in [6.07, 6.45) is 11.6. The molecule has 0 amide bonds. The van der Waals surface area contributed by atoms with Crippen molar-refractivity contribution in [3.8, 4) is 0 Å². The summed E-state index contributed by atoms with van der Waals surface area (Å²) in [5.41, 5.74) is 1.37. The van der Waals surface area contributed by atoms with E-state index in [4.69, 9.17) is 0 Å². The van der Waals surface area contributed by atoms with Gasteiger partial charge in [0, 0.05) is 12.4 Å². The normalized spacial score (nSPS) is 10.6. The van der Waals surface area contributed by atoms with E-state index in [1.54, 1.807) is 0 Å². The minimum Gasteiger partial charge on any atom is -0.316 e. The highest BCUT2D eigenvalue weighted by Gasteiger charge is 1.92. The van der Waals surface area contributed by atoms with Gasteiger partial charge in [-0.25, -0.2) is 0 Å². The van der Waals surface area contributed by atoms with Crippen molar-refractivity contribution in [1.82, 2.24) is 10.3 Å². The zero-order valence-electron chi connectivity index (χ0n) is 10.4. The van der Waals surface area contributed by atoms with Gasteiger partial charge in [-0.1, -0.05) is 32.6 Å². The summed E-state index contributed by atoms with van der Waals surface area (Å²) in [6, 6.07) is 4.17. The van der Waals surface area contributed by atoms with Gasteiger partial charge in [0.1, 0.15) is 0 Å². The Kier molecular flexibility index (Phi) is 7.70. The first kappa shape index (κ1) is 13.2. The molecule has 1 aromatic rings. The molecule has 0 saturated carbocycles. The molecule has 1 aromatic heterocycles. The zero-order valence-corrected chi connectivity index (χ0v) is 10.4. The first-order valence-corrected chi connectivity index (χ1v) is 6.53. The van der Waals surface area contributed by atoms with E-state index in [0.717, 1.165) is 19.5 Å². The Morgan fingerprint density at radius 2 is 1.75 bits per heavy atom. The second-order valence-corrected chi connectivity index (χ2v) is 4.27. The van der Waals surface area contributed by atoms with Crippen molar-refractivity contribution < 1.29 is 0 Å². The van der Waals surface area contributed by atoms with E-state index in [2.05, 4.69) is 29.4 Å². The van der Waals surface area contributed by atoms with Crippen LogP contribution in [0.2, 0.25) is 0 Å². The quantitative estimate of drug-likeness (QED) is 0.646. The first-order valence-electron chi connectivity index (χ1n) is 6.53. The lowest BCUT2D eigenvalue weighted by atomic mass is 10.1. The molecule has 2 nitrogen and oxygen atoms in total. The lowest BCUT2D eigenvalue weighted by Crippen LogP contribution is -2.18. The number of aromatic nitrogens is 1. The summed E-state index contributed by atoms with van der Waals surface area (Å²) in [4.78, 5) is 4.01. The van der Waals surface area contributed by atoms with E-state index < -0.39 is 0 Å². The molecular formula is C14H24N2. The maximum atomic E-state index is 4.01. The van der Waals surface area contributed by atoms with Gasteiger partial charge >= 0.3 is 0 Å². The summed E-state index contributed by atoms with van der Waals surface area (Å²) in [5.74, 6) is 0. The smallest absolute Gasteiger partial charge is 0.0270 e. The van der Waals surface area contributed by atoms with Gasteiger partial charge in [0.05, 0.1) is 0 Å². The monoisotopic (exact) mass is 220 g/mol. The molecule has 90 valence electrons. The van der Waals surface area contributed by atoms with Crippen molar-refractivity contribution >= 4 is 0 Å². The maximum absolute atomic E-state index is 4.01. The van der Waals surface area contributed by atoms with Gasteiger partial charge in [0.2, 0.25) is 0 Å². The molecule has 0 aliphatic heterocycles. The molecule has 0 saturated heterocycles. The molecule has 2 heteroatoms. The summed E-state index contributed by atoms with van der Waals surface area (Å²) >= 11 is 0. The van der Waals surface area contributed by atoms with Gasteiger partial charge in [-0.05, 0) is 43.6 Å². The number of nitrogens with zero attached hydrogens (tertiary/aromatic N) is 1. The van der Waals surface area contributed by atoms with Gasteiger partial charge in [0.25, 0.3) is 0 Å². The fraction of sp³-hybridized carbons (Fsp3) is 0.643. The number of rotatable bonds is 9. The molecule has 0 aliphatic carbocycles. The van der Waals surface area contributed by atoms with E-state index in [1.807, 2.05) is 12.4 Å². The Labute approximate surface area is 99.5 Å². The summed E-state index contributed by atoms with van der Waals surface area (Å²) in [6.45, 7) is 4.50. The molecule has 0 spiro atoms. The van der Waals surface area contributed by atoms with Crippen molar-refractivity contribution in [3.05, 3.63) is 30.1 Å². The Morgan fingerprint density at radius 1 is 1.00 bits per heavy atom. The Morgan fingerprint density at radius 3 is 2.50 bits per heavy atom. The third kappa shape index (κ3) is 6.57. The topological polar surface area (TPSA) is 24.9 Å². The van der Waals surface area contributed by atoms with E-state index in [0.29, 0.717) is 0 Å². The standard InChI is InChI=1S/C14H24N2/c1-2-3-4-5-6-10-15-11-7-14-8-12-16-13-9-14/h8-9,12-13,15H,2-7,10-11H2,1H3. The third-order valence-corrected chi connectivity index (χ3v) is 2.80. The van der Waals surface area contributed by atoms with Crippen LogP contribution < -0.4 is 5.32 Å². The highest BCUT2D eigenvalue weighted by molar-refractivity contribution is 5.09. The van der Waals surface area contributed by atoms with Crippen LogP contribution in [0.1, 0.15) is 44.6 Å². The lowest BCUT2D eigenvalue weighted by Gasteiger charge is -2.04. The highest BCUT2D eigenvalue weighted by Crippen LogP contribution is 2.01. The predicted octanol–water partition coefficient (Wildman–Crippen LogP) is 3.18. The van der Waals surface area contributed by atoms with E-state index in [9.17, 15) is 0 Å². The van der Waals surface area contributed by atoms with Crippen LogP contribution in [-0.2, 0) is 6.42 Å². The fourth-order valence-electron chi connectivity index (χ4n) is 1.76. The van der Waals surface area contributed by atoms with Crippen LogP contribution in [0.5, 0.6) is 0 Å². The van der Waals surface area contributed by atoms with Crippen molar-refractivity contribution in [2.75, 3.05) is 13.1 Å². The molecule has 0 fully saturated rings. The predicted molar refractivity (Wildman–Crippen MR) is 69.6 cm³/mol. The average Bonchev–Trinajstić information content (AvgIpc) is 2.34. The van der Waals surface area contributed by atoms with Crippen molar-refractivity contribution in [3.63, 3.8) is 0 Å². The largest absolute Gasteiger partial charge is 0.316 e. The molecule has 1 N–H and O–H groups in total. The summed E-state index contributed by atoms with van der Waals surface area (Å²) in [7, 11) is 0. The number of unbranched alkanes of at least 4 members (excludes halogenated alkanes) is 4. The zero-order chi connectivity index (χ0) is 11.5. The molecule has 0 aromatic carbocycles. The molecule has 1 rings (SSSR count). The number of pyridine rings is 1. The van der Waals surface area contributed by atoms with Gasteiger partial charge in [-0.2, -0.15) is 0 Å². The highest BCUT2D eigenvalue weighted by atomic mass is 14.8. The second kappa shape index (κ2) is 9.34. The Balaban J connectivity index is 1.89. The van der Waals surface area contributed by atoms with Crippen molar-refractivity contribution in [1.29, 1.82) is 0 Å². The van der Waals surface area contributed by atoms with Gasteiger partial charge in [-0.3, -0.25) is 4.98 Å².